The van der Waals surface area contributed by atoms with Gasteiger partial charge in [0, 0.05) is 13.0 Å². The van der Waals surface area contributed by atoms with Gasteiger partial charge in [0.15, 0.2) is 0 Å². The average Bonchev–Trinajstić information content (AvgIpc) is 2.91. The molecule has 1 aromatic heterocycles. The third-order valence-corrected chi connectivity index (χ3v) is 4.90. The van der Waals surface area contributed by atoms with E-state index in [2.05, 4.69) is 59.4 Å². The lowest BCUT2D eigenvalue weighted by molar-refractivity contribution is 0.701. The molecular formula is C17H20BrN3. The van der Waals surface area contributed by atoms with Crippen LogP contribution in [-0.4, -0.2) is 17.0 Å². The summed E-state index contributed by atoms with van der Waals surface area (Å²) in [6, 6.07) is 8.66. The third-order valence-electron chi connectivity index (χ3n) is 4.12. The Bertz CT molecular complexity index is 667. The molecule has 1 heterocycles. The fourth-order valence-corrected chi connectivity index (χ4v) is 3.85. The van der Waals surface area contributed by atoms with Gasteiger partial charge < -0.3 is 5.32 Å². The molecule has 1 atom stereocenters. The summed E-state index contributed by atoms with van der Waals surface area (Å²) in [6.45, 7) is 4.33. The van der Waals surface area contributed by atoms with Crippen molar-refractivity contribution in [3.05, 3.63) is 51.4 Å². The Morgan fingerprint density at radius 2 is 2.00 bits per heavy atom. The second-order valence-corrected chi connectivity index (χ2v) is 6.62. The smallest absolute Gasteiger partial charge is 0.144 e. The Hall–Kier alpha value is -1.42. The number of aromatic nitrogens is 2. The van der Waals surface area contributed by atoms with Crippen molar-refractivity contribution in [2.24, 2.45) is 0 Å². The van der Waals surface area contributed by atoms with Gasteiger partial charge in [-0.05, 0) is 45.8 Å². The highest BCUT2D eigenvalue weighted by atomic mass is 79.9. The second-order valence-electron chi connectivity index (χ2n) is 5.82. The number of fused-ring (bicyclic) bond motifs is 1. The standard InChI is InChI=1S/C17H20BrN3/c1-10(2)15-14(18)17(19-3)21-16(20-15)13-9-8-11-6-4-5-7-12(11)13/h4-7,10,13H,8-9H2,1-3H3,(H,19,20,21). The van der Waals surface area contributed by atoms with Crippen molar-refractivity contribution in [3.63, 3.8) is 0 Å². The van der Waals surface area contributed by atoms with Crippen LogP contribution in [0.3, 0.4) is 0 Å². The summed E-state index contributed by atoms with van der Waals surface area (Å²) in [6.07, 6.45) is 2.22. The van der Waals surface area contributed by atoms with Crippen LogP contribution in [0.4, 0.5) is 5.82 Å². The van der Waals surface area contributed by atoms with E-state index < -0.39 is 0 Å². The van der Waals surface area contributed by atoms with Gasteiger partial charge in [0.2, 0.25) is 0 Å². The molecule has 0 bridgehead atoms. The molecule has 0 amide bonds. The van der Waals surface area contributed by atoms with Gasteiger partial charge in [-0.25, -0.2) is 9.97 Å². The number of aryl methyl sites for hydroxylation is 1. The van der Waals surface area contributed by atoms with Crippen LogP contribution in [0.15, 0.2) is 28.7 Å². The van der Waals surface area contributed by atoms with Crippen molar-refractivity contribution in [3.8, 4) is 0 Å². The summed E-state index contributed by atoms with van der Waals surface area (Å²) in [5.74, 6) is 2.51. The molecule has 4 heteroatoms. The number of nitrogens with zero attached hydrogens (tertiary/aromatic N) is 2. The summed E-state index contributed by atoms with van der Waals surface area (Å²) in [5, 5.41) is 3.18. The lowest BCUT2D eigenvalue weighted by Gasteiger charge is -2.17. The highest BCUT2D eigenvalue weighted by Crippen LogP contribution is 2.38. The van der Waals surface area contributed by atoms with E-state index >= 15 is 0 Å². The third kappa shape index (κ3) is 2.57. The van der Waals surface area contributed by atoms with Crippen molar-refractivity contribution in [2.45, 2.75) is 38.5 Å². The van der Waals surface area contributed by atoms with Crippen LogP contribution in [0.5, 0.6) is 0 Å². The lowest BCUT2D eigenvalue weighted by atomic mass is 10.00. The summed E-state index contributed by atoms with van der Waals surface area (Å²) >= 11 is 3.63. The van der Waals surface area contributed by atoms with Crippen molar-refractivity contribution in [1.29, 1.82) is 0 Å². The molecule has 0 radical (unpaired) electrons. The first-order valence-corrected chi connectivity index (χ1v) is 8.24. The molecule has 1 aliphatic rings. The first-order chi connectivity index (χ1) is 10.1. The lowest BCUT2D eigenvalue weighted by Crippen LogP contribution is -2.10. The molecule has 1 unspecified atom stereocenters. The van der Waals surface area contributed by atoms with Gasteiger partial charge >= 0.3 is 0 Å². The predicted octanol–water partition coefficient (Wildman–Crippen LogP) is 4.48. The van der Waals surface area contributed by atoms with Gasteiger partial charge in [-0.3, -0.25) is 0 Å². The van der Waals surface area contributed by atoms with Crippen molar-refractivity contribution in [2.75, 3.05) is 12.4 Å². The van der Waals surface area contributed by atoms with E-state index in [1.807, 2.05) is 7.05 Å². The zero-order valence-corrected chi connectivity index (χ0v) is 14.2. The maximum Gasteiger partial charge on any atom is 0.144 e. The first-order valence-electron chi connectivity index (χ1n) is 7.44. The Morgan fingerprint density at radius 3 is 2.71 bits per heavy atom. The van der Waals surface area contributed by atoms with Crippen LogP contribution in [-0.2, 0) is 6.42 Å². The molecule has 3 rings (SSSR count). The molecule has 2 aromatic rings. The van der Waals surface area contributed by atoms with E-state index in [4.69, 9.17) is 9.97 Å². The molecule has 1 N–H and O–H groups in total. The van der Waals surface area contributed by atoms with E-state index in [-0.39, 0.29) is 0 Å². The minimum atomic E-state index is 0.318. The van der Waals surface area contributed by atoms with Gasteiger partial charge in [-0.2, -0.15) is 0 Å². The van der Waals surface area contributed by atoms with E-state index in [0.717, 1.165) is 34.7 Å². The van der Waals surface area contributed by atoms with Crippen LogP contribution in [0.1, 0.15) is 54.7 Å². The van der Waals surface area contributed by atoms with E-state index in [9.17, 15) is 0 Å². The zero-order valence-electron chi connectivity index (χ0n) is 12.7. The summed E-state index contributed by atoms with van der Waals surface area (Å²) in [5.41, 5.74) is 3.90. The summed E-state index contributed by atoms with van der Waals surface area (Å²) in [4.78, 5) is 9.61. The van der Waals surface area contributed by atoms with Crippen LogP contribution in [0, 0.1) is 0 Å². The number of benzene rings is 1. The number of nitrogens with one attached hydrogen (secondary N) is 1. The first kappa shape index (κ1) is 14.5. The van der Waals surface area contributed by atoms with Gasteiger partial charge in [0.25, 0.3) is 0 Å². The van der Waals surface area contributed by atoms with Crippen molar-refractivity contribution < 1.29 is 0 Å². The minimum Gasteiger partial charge on any atom is -0.372 e. The Balaban J connectivity index is 2.10. The number of rotatable bonds is 3. The normalized spacial score (nSPS) is 17.1. The van der Waals surface area contributed by atoms with Crippen LogP contribution in [0.2, 0.25) is 0 Å². The average molecular weight is 346 g/mol. The second kappa shape index (κ2) is 5.76. The molecule has 0 spiro atoms. The number of halogens is 1. The minimum absolute atomic E-state index is 0.318. The van der Waals surface area contributed by atoms with Crippen molar-refractivity contribution in [1.82, 2.24) is 9.97 Å². The summed E-state index contributed by atoms with van der Waals surface area (Å²) < 4.78 is 0.982. The molecule has 0 fully saturated rings. The molecule has 0 aliphatic heterocycles. The largest absolute Gasteiger partial charge is 0.372 e. The monoisotopic (exact) mass is 345 g/mol. The molecule has 1 aliphatic carbocycles. The molecule has 1 aromatic carbocycles. The van der Waals surface area contributed by atoms with E-state index in [1.165, 1.54) is 11.1 Å². The van der Waals surface area contributed by atoms with Crippen LogP contribution < -0.4 is 5.32 Å². The number of hydrogen-bond acceptors (Lipinski definition) is 3. The Kier molecular flexibility index (Phi) is 3.98. The van der Waals surface area contributed by atoms with E-state index in [1.54, 1.807) is 0 Å². The molecule has 110 valence electrons. The number of hydrogen-bond donors (Lipinski definition) is 1. The molecule has 21 heavy (non-hydrogen) atoms. The van der Waals surface area contributed by atoms with Crippen LogP contribution >= 0.6 is 15.9 Å². The zero-order chi connectivity index (χ0) is 15.0. The Morgan fingerprint density at radius 1 is 1.24 bits per heavy atom. The fourth-order valence-electron chi connectivity index (χ4n) is 3.01. The van der Waals surface area contributed by atoms with Gasteiger partial charge in [0.05, 0.1) is 10.2 Å². The van der Waals surface area contributed by atoms with Gasteiger partial charge in [0.1, 0.15) is 11.6 Å². The molecule has 0 saturated carbocycles. The fraction of sp³-hybridized carbons (Fsp3) is 0.412. The summed E-state index contributed by atoms with van der Waals surface area (Å²) in [7, 11) is 1.91. The number of anilines is 1. The van der Waals surface area contributed by atoms with Gasteiger partial charge in [-0.15, -0.1) is 0 Å². The molecule has 0 saturated heterocycles. The topological polar surface area (TPSA) is 37.8 Å². The van der Waals surface area contributed by atoms with Crippen LogP contribution in [0.25, 0.3) is 0 Å². The van der Waals surface area contributed by atoms with E-state index in [0.29, 0.717) is 11.8 Å². The van der Waals surface area contributed by atoms with Gasteiger partial charge in [-0.1, -0.05) is 38.1 Å². The maximum atomic E-state index is 4.86. The highest BCUT2D eigenvalue weighted by Gasteiger charge is 2.27. The maximum absolute atomic E-state index is 4.86. The quantitative estimate of drug-likeness (QED) is 0.890. The SMILES string of the molecule is CNc1nc(C2CCc3ccccc32)nc(C(C)C)c1Br. The Labute approximate surface area is 134 Å². The predicted molar refractivity (Wildman–Crippen MR) is 90.0 cm³/mol. The molecule has 3 nitrogen and oxygen atoms in total. The molecular weight excluding hydrogens is 326 g/mol. The highest BCUT2D eigenvalue weighted by molar-refractivity contribution is 9.10. The van der Waals surface area contributed by atoms with Crippen molar-refractivity contribution >= 4 is 21.7 Å².